The van der Waals surface area contributed by atoms with E-state index < -0.39 is 24.6 Å². The number of amides is 1. The Morgan fingerprint density at radius 1 is 1.19 bits per heavy atom. The van der Waals surface area contributed by atoms with Crippen LogP contribution in [0.5, 0.6) is 11.5 Å². The summed E-state index contributed by atoms with van der Waals surface area (Å²) >= 11 is 11.9. The Balaban J connectivity index is 1.49. The molecule has 0 aliphatic carbocycles. The minimum absolute atomic E-state index is 0.0249. The minimum Gasteiger partial charge on any atom is -0.485 e. The highest BCUT2D eigenvalue weighted by Crippen LogP contribution is 2.31. The number of nitrogens with one attached hydrogen (secondary N) is 1. The molecule has 0 fully saturated rings. The Morgan fingerprint density at radius 2 is 1.93 bits per heavy atom. The lowest BCUT2D eigenvalue weighted by Crippen LogP contribution is -2.40. The molecule has 2 aromatic rings. The molecule has 6 nitrogen and oxygen atoms in total. The van der Waals surface area contributed by atoms with Crippen molar-refractivity contribution in [1.29, 1.82) is 0 Å². The number of para-hydroxylation sites is 2. The van der Waals surface area contributed by atoms with Gasteiger partial charge in [-0.2, -0.15) is 0 Å². The molecule has 1 amide bonds. The van der Waals surface area contributed by atoms with Crippen LogP contribution in [-0.2, 0) is 14.3 Å². The van der Waals surface area contributed by atoms with Gasteiger partial charge in [0, 0.05) is 0 Å². The predicted octanol–water partition coefficient (Wildman–Crippen LogP) is 3.55. The SMILES string of the molecule is C[C@H](NC(=O)COC(=O)[C@H]1COc2ccccc2O1)c1ccc(Cl)c(Cl)c1. The van der Waals surface area contributed by atoms with Crippen molar-refractivity contribution in [2.24, 2.45) is 0 Å². The van der Waals surface area contributed by atoms with Crippen LogP contribution in [-0.4, -0.2) is 31.2 Å². The van der Waals surface area contributed by atoms with E-state index >= 15 is 0 Å². The molecule has 0 spiro atoms. The third-order valence-corrected chi connectivity index (χ3v) is 4.68. The summed E-state index contributed by atoms with van der Waals surface area (Å²) in [6.07, 6.45) is -0.916. The fraction of sp³-hybridized carbons (Fsp3) is 0.263. The van der Waals surface area contributed by atoms with Gasteiger partial charge in [0.25, 0.3) is 5.91 Å². The third kappa shape index (κ3) is 4.84. The van der Waals surface area contributed by atoms with E-state index in [1.165, 1.54) is 0 Å². The van der Waals surface area contributed by atoms with Gasteiger partial charge in [-0.05, 0) is 36.8 Å². The Labute approximate surface area is 166 Å². The molecule has 27 heavy (non-hydrogen) atoms. The Kier molecular flexibility index (Phi) is 6.08. The second kappa shape index (κ2) is 8.50. The zero-order valence-electron chi connectivity index (χ0n) is 14.4. The molecule has 142 valence electrons. The number of rotatable bonds is 5. The van der Waals surface area contributed by atoms with Crippen molar-refractivity contribution in [2.75, 3.05) is 13.2 Å². The summed E-state index contributed by atoms with van der Waals surface area (Å²) in [5, 5.41) is 3.56. The zero-order chi connectivity index (χ0) is 19.4. The summed E-state index contributed by atoms with van der Waals surface area (Å²) in [5.41, 5.74) is 0.782. The molecule has 0 saturated heterocycles. The topological polar surface area (TPSA) is 73.9 Å². The fourth-order valence-electron chi connectivity index (χ4n) is 2.51. The number of hydrogen-bond donors (Lipinski definition) is 1. The number of benzene rings is 2. The van der Waals surface area contributed by atoms with E-state index in [1.807, 2.05) is 0 Å². The zero-order valence-corrected chi connectivity index (χ0v) is 15.9. The minimum atomic E-state index is -0.916. The molecule has 3 rings (SSSR count). The first kappa shape index (κ1) is 19.3. The highest BCUT2D eigenvalue weighted by Gasteiger charge is 2.29. The Hall–Kier alpha value is -2.44. The molecule has 0 radical (unpaired) electrons. The van der Waals surface area contributed by atoms with E-state index in [4.69, 9.17) is 37.4 Å². The van der Waals surface area contributed by atoms with Crippen molar-refractivity contribution in [2.45, 2.75) is 19.1 Å². The third-order valence-electron chi connectivity index (χ3n) is 3.94. The van der Waals surface area contributed by atoms with Crippen molar-refractivity contribution in [3.8, 4) is 11.5 Å². The lowest BCUT2D eigenvalue weighted by atomic mass is 10.1. The van der Waals surface area contributed by atoms with E-state index in [0.29, 0.717) is 21.5 Å². The maximum absolute atomic E-state index is 12.1. The monoisotopic (exact) mass is 409 g/mol. The summed E-state index contributed by atoms with van der Waals surface area (Å²) in [6.45, 7) is 1.39. The van der Waals surface area contributed by atoms with Crippen LogP contribution in [0.2, 0.25) is 10.0 Å². The molecule has 8 heteroatoms. The van der Waals surface area contributed by atoms with Crippen LogP contribution in [0.1, 0.15) is 18.5 Å². The van der Waals surface area contributed by atoms with Crippen molar-refractivity contribution >= 4 is 35.1 Å². The molecule has 0 aromatic heterocycles. The number of fused-ring (bicyclic) bond motifs is 1. The molecule has 1 aliphatic heterocycles. The maximum atomic E-state index is 12.1. The molecule has 0 bridgehead atoms. The molecule has 1 heterocycles. The predicted molar refractivity (Wildman–Crippen MR) is 100 cm³/mol. The average Bonchev–Trinajstić information content (AvgIpc) is 2.67. The number of hydrogen-bond acceptors (Lipinski definition) is 5. The van der Waals surface area contributed by atoms with E-state index in [-0.39, 0.29) is 12.6 Å². The van der Waals surface area contributed by atoms with Crippen LogP contribution >= 0.6 is 23.2 Å². The Morgan fingerprint density at radius 3 is 2.67 bits per heavy atom. The first-order valence-electron chi connectivity index (χ1n) is 8.23. The molecule has 0 saturated carbocycles. The van der Waals surface area contributed by atoms with Gasteiger partial charge >= 0.3 is 5.97 Å². The van der Waals surface area contributed by atoms with Crippen LogP contribution in [0.15, 0.2) is 42.5 Å². The molecule has 2 aromatic carbocycles. The largest absolute Gasteiger partial charge is 0.485 e. The number of halogens is 2. The van der Waals surface area contributed by atoms with Gasteiger partial charge in [-0.1, -0.05) is 41.4 Å². The van der Waals surface area contributed by atoms with Crippen LogP contribution < -0.4 is 14.8 Å². The van der Waals surface area contributed by atoms with E-state index in [0.717, 1.165) is 5.56 Å². The Bertz CT molecular complexity index is 858. The summed E-state index contributed by atoms with van der Waals surface area (Å²) in [5.74, 6) is -0.0842. The van der Waals surface area contributed by atoms with Gasteiger partial charge in [0.2, 0.25) is 6.10 Å². The quantitative estimate of drug-likeness (QED) is 0.764. The van der Waals surface area contributed by atoms with E-state index in [2.05, 4.69) is 5.32 Å². The second-order valence-electron chi connectivity index (χ2n) is 5.93. The standard InChI is InChI=1S/C19H17Cl2NO5/c1-11(12-6-7-13(20)14(21)8-12)22-18(23)10-26-19(24)17-9-25-15-4-2-3-5-16(15)27-17/h2-8,11,17H,9-10H2,1H3,(H,22,23)/t11-,17+/m0/s1. The lowest BCUT2D eigenvalue weighted by molar-refractivity contribution is -0.157. The van der Waals surface area contributed by atoms with E-state index in [1.54, 1.807) is 49.4 Å². The van der Waals surface area contributed by atoms with Crippen LogP contribution in [0.3, 0.4) is 0 Å². The van der Waals surface area contributed by atoms with Crippen molar-refractivity contribution in [3.05, 3.63) is 58.1 Å². The van der Waals surface area contributed by atoms with Gasteiger partial charge in [0.15, 0.2) is 18.1 Å². The smallest absolute Gasteiger partial charge is 0.351 e. The molecule has 1 N–H and O–H groups in total. The first-order valence-corrected chi connectivity index (χ1v) is 8.99. The molecule has 0 unspecified atom stereocenters. The van der Waals surface area contributed by atoms with E-state index in [9.17, 15) is 9.59 Å². The van der Waals surface area contributed by atoms with Crippen molar-refractivity contribution in [1.82, 2.24) is 5.32 Å². The van der Waals surface area contributed by atoms with Gasteiger partial charge in [-0.25, -0.2) is 4.79 Å². The van der Waals surface area contributed by atoms with Crippen LogP contribution in [0, 0.1) is 0 Å². The van der Waals surface area contributed by atoms with Gasteiger partial charge < -0.3 is 19.5 Å². The molecular weight excluding hydrogens is 393 g/mol. The number of esters is 1. The molecule has 1 aliphatic rings. The van der Waals surface area contributed by atoms with Crippen LogP contribution in [0.25, 0.3) is 0 Å². The van der Waals surface area contributed by atoms with Gasteiger partial charge in [-0.15, -0.1) is 0 Å². The van der Waals surface area contributed by atoms with Gasteiger partial charge in [0.05, 0.1) is 16.1 Å². The highest BCUT2D eigenvalue weighted by atomic mass is 35.5. The number of ether oxygens (including phenoxy) is 3. The van der Waals surface area contributed by atoms with Crippen LogP contribution in [0.4, 0.5) is 0 Å². The van der Waals surface area contributed by atoms with Gasteiger partial charge in [-0.3, -0.25) is 4.79 Å². The summed E-state index contributed by atoms with van der Waals surface area (Å²) in [7, 11) is 0. The normalized spacial score (nSPS) is 16.3. The maximum Gasteiger partial charge on any atom is 0.351 e. The number of carbonyl (C=O) groups excluding carboxylic acids is 2. The number of carbonyl (C=O) groups is 2. The first-order chi connectivity index (χ1) is 12.9. The fourth-order valence-corrected chi connectivity index (χ4v) is 2.82. The highest BCUT2D eigenvalue weighted by molar-refractivity contribution is 6.42. The lowest BCUT2D eigenvalue weighted by Gasteiger charge is -2.25. The summed E-state index contributed by atoms with van der Waals surface area (Å²) in [6, 6.07) is 11.8. The molecular formula is C19H17Cl2NO5. The summed E-state index contributed by atoms with van der Waals surface area (Å²) in [4.78, 5) is 24.2. The van der Waals surface area contributed by atoms with Gasteiger partial charge in [0.1, 0.15) is 6.61 Å². The second-order valence-corrected chi connectivity index (χ2v) is 6.75. The molecule has 2 atom stereocenters. The van der Waals surface area contributed by atoms with Crippen molar-refractivity contribution < 1.29 is 23.8 Å². The average molecular weight is 410 g/mol. The van der Waals surface area contributed by atoms with Crippen molar-refractivity contribution in [3.63, 3.8) is 0 Å². The summed E-state index contributed by atoms with van der Waals surface area (Å²) < 4.78 is 16.0.